The molecule has 1 heterocycles. The Morgan fingerprint density at radius 3 is 2.04 bits per heavy atom. The fourth-order valence-corrected chi connectivity index (χ4v) is 3.29. The van der Waals surface area contributed by atoms with Gasteiger partial charge in [-0.3, -0.25) is 14.9 Å². The summed E-state index contributed by atoms with van der Waals surface area (Å²) >= 11 is 0.713. The van der Waals surface area contributed by atoms with Crippen molar-refractivity contribution < 1.29 is 19.2 Å². The Morgan fingerprint density at radius 1 is 0.929 bits per heavy atom. The molecule has 0 aliphatic carbocycles. The summed E-state index contributed by atoms with van der Waals surface area (Å²) in [6.07, 6.45) is -1.14. The van der Waals surface area contributed by atoms with Crippen LogP contribution in [0.4, 0.5) is 5.00 Å². The van der Waals surface area contributed by atoms with E-state index in [0.717, 1.165) is 11.1 Å². The molecule has 7 heteroatoms. The van der Waals surface area contributed by atoms with Gasteiger partial charge in [0.15, 0.2) is 6.10 Å². The third kappa shape index (κ3) is 4.32. The molecule has 142 valence electrons. The van der Waals surface area contributed by atoms with E-state index in [1.165, 1.54) is 12.1 Å². The summed E-state index contributed by atoms with van der Waals surface area (Å²) in [7, 11) is 0. The second kappa shape index (κ2) is 8.14. The van der Waals surface area contributed by atoms with Crippen LogP contribution in [0.2, 0.25) is 0 Å². The number of rotatable bonds is 6. The van der Waals surface area contributed by atoms with Crippen LogP contribution in [0, 0.1) is 24.0 Å². The lowest BCUT2D eigenvalue weighted by Crippen LogP contribution is -2.20. The van der Waals surface area contributed by atoms with Crippen LogP contribution in [0.1, 0.15) is 42.8 Å². The van der Waals surface area contributed by atoms with Crippen LogP contribution in [0.15, 0.2) is 60.7 Å². The van der Waals surface area contributed by atoms with Crippen molar-refractivity contribution in [3.8, 4) is 0 Å². The lowest BCUT2D eigenvalue weighted by molar-refractivity contribution is -0.380. The van der Waals surface area contributed by atoms with Gasteiger partial charge < -0.3 is 4.74 Å². The van der Waals surface area contributed by atoms with Crippen molar-refractivity contribution in [3.05, 3.63) is 97.9 Å². The molecule has 1 atom stereocenters. The molecule has 0 unspecified atom stereocenters. The van der Waals surface area contributed by atoms with Crippen LogP contribution >= 0.6 is 11.3 Å². The highest BCUT2D eigenvalue weighted by atomic mass is 32.1. The lowest BCUT2D eigenvalue weighted by Gasteiger charge is -2.17. The summed E-state index contributed by atoms with van der Waals surface area (Å²) in [6, 6.07) is 16.7. The molecule has 0 bridgehead atoms. The standard InChI is InChI=1S/C21H17NO5S/c1-13-3-7-15(8-4-13)19(23)20(16-9-5-14(2)6-10-16)27-21(24)17-11-12-18(28-17)22(25)26/h3-12,20H,1-2H3/t20-/m1/s1. The predicted octanol–water partition coefficient (Wildman–Crippen LogP) is 5.05. The molecular formula is C21H17NO5S. The van der Waals surface area contributed by atoms with Crippen LogP contribution in [0.3, 0.4) is 0 Å². The maximum atomic E-state index is 13.0. The zero-order chi connectivity index (χ0) is 20.3. The first kappa shape index (κ1) is 19.4. The van der Waals surface area contributed by atoms with E-state index in [1.54, 1.807) is 24.3 Å². The number of nitro groups is 1. The van der Waals surface area contributed by atoms with Gasteiger partial charge in [-0.25, -0.2) is 4.79 Å². The summed E-state index contributed by atoms with van der Waals surface area (Å²) in [5.74, 6) is -1.13. The monoisotopic (exact) mass is 395 g/mol. The predicted molar refractivity (Wildman–Crippen MR) is 106 cm³/mol. The summed E-state index contributed by atoms with van der Waals surface area (Å²) < 4.78 is 5.50. The minimum absolute atomic E-state index is 0.0699. The van der Waals surface area contributed by atoms with E-state index in [1.807, 2.05) is 38.1 Å². The highest BCUT2D eigenvalue weighted by Gasteiger charge is 2.28. The largest absolute Gasteiger partial charge is 0.445 e. The molecule has 2 aromatic carbocycles. The van der Waals surface area contributed by atoms with Gasteiger partial charge in [0, 0.05) is 17.2 Å². The van der Waals surface area contributed by atoms with E-state index < -0.39 is 17.0 Å². The number of hydrogen-bond acceptors (Lipinski definition) is 6. The summed E-state index contributed by atoms with van der Waals surface area (Å²) in [4.78, 5) is 35.9. The molecule has 0 aliphatic rings. The lowest BCUT2D eigenvalue weighted by atomic mass is 9.98. The first-order valence-electron chi connectivity index (χ1n) is 8.48. The Kier molecular flexibility index (Phi) is 5.65. The molecule has 0 saturated carbocycles. The molecule has 6 nitrogen and oxygen atoms in total. The molecule has 3 aromatic rings. The van der Waals surface area contributed by atoms with Crippen molar-refractivity contribution in [2.24, 2.45) is 0 Å². The van der Waals surface area contributed by atoms with Gasteiger partial charge in [-0.2, -0.15) is 0 Å². The van der Waals surface area contributed by atoms with Gasteiger partial charge in [-0.15, -0.1) is 0 Å². The van der Waals surface area contributed by atoms with Crippen LogP contribution in [0.25, 0.3) is 0 Å². The maximum absolute atomic E-state index is 13.0. The van der Waals surface area contributed by atoms with E-state index in [2.05, 4.69) is 0 Å². The van der Waals surface area contributed by atoms with Gasteiger partial charge in [0.1, 0.15) is 4.88 Å². The third-order valence-corrected chi connectivity index (χ3v) is 5.17. The fourth-order valence-electron chi connectivity index (χ4n) is 2.58. The molecule has 0 saturated heterocycles. The Bertz CT molecular complexity index is 1020. The fraction of sp³-hybridized carbons (Fsp3) is 0.143. The molecule has 0 spiro atoms. The van der Waals surface area contributed by atoms with E-state index in [9.17, 15) is 19.7 Å². The molecular weight excluding hydrogens is 378 g/mol. The van der Waals surface area contributed by atoms with Gasteiger partial charge in [0.25, 0.3) is 0 Å². The number of esters is 1. The minimum Gasteiger partial charge on any atom is -0.445 e. The first-order valence-corrected chi connectivity index (χ1v) is 9.29. The number of thiophene rings is 1. The number of Topliss-reactive ketones (excluding diaryl/α,β-unsaturated/α-hetero) is 1. The van der Waals surface area contributed by atoms with Crippen LogP contribution in [-0.2, 0) is 4.74 Å². The number of carbonyl (C=O) groups excluding carboxylic acids is 2. The van der Waals surface area contributed by atoms with Crippen molar-refractivity contribution in [1.82, 2.24) is 0 Å². The van der Waals surface area contributed by atoms with Crippen molar-refractivity contribution >= 4 is 28.1 Å². The first-order chi connectivity index (χ1) is 13.3. The zero-order valence-electron chi connectivity index (χ0n) is 15.2. The summed E-state index contributed by atoms with van der Waals surface area (Å²) in [6.45, 7) is 3.83. The van der Waals surface area contributed by atoms with E-state index >= 15 is 0 Å². The zero-order valence-corrected chi connectivity index (χ0v) is 16.1. The Morgan fingerprint density at radius 2 is 1.50 bits per heavy atom. The normalized spacial score (nSPS) is 11.6. The van der Waals surface area contributed by atoms with Crippen LogP contribution < -0.4 is 0 Å². The molecule has 0 N–H and O–H groups in total. The molecule has 1 aromatic heterocycles. The molecule has 3 rings (SSSR count). The number of carbonyl (C=O) groups is 2. The molecule has 0 aliphatic heterocycles. The number of benzene rings is 2. The smallest absolute Gasteiger partial charge is 0.349 e. The maximum Gasteiger partial charge on any atom is 0.349 e. The Balaban J connectivity index is 1.92. The van der Waals surface area contributed by atoms with Crippen LogP contribution in [-0.4, -0.2) is 16.7 Å². The number of ether oxygens (including phenoxy) is 1. The molecule has 0 fully saturated rings. The average Bonchev–Trinajstić information content (AvgIpc) is 3.18. The highest BCUT2D eigenvalue weighted by molar-refractivity contribution is 7.17. The summed E-state index contributed by atoms with van der Waals surface area (Å²) in [5.41, 5.74) is 2.97. The van der Waals surface area contributed by atoms with Gasteiger partial charge in [0.2, 0.25) is 5.78 Å². The van der Waals surface area contributed by atoms with E-state index in [0.29, 0.717) is 22.5 Å². The highest BCUT2D eigenvalue weighted by Crippen LogP contribution is 2.29. The van der Waals surface area contributed by atoms with E-state index in [4.69, 9.17) is 4.74 Å². The number of aryl methyl sites for hydroxylation is 2. The van der Waals surface area contributed by atoms with Crippen molar-refractivity contribution in [3.63, 3.8) is 0 Å². The Hall–Kier alpha value is -3.32. The second-order valence-electron chi connectivity index (χ2n) is 6.32. The third-order valence-electron chi connectivity index (χ3n) is 4.15. The average molecular weight is 395 g/mol. The van der Waals surface area contributed by atoms with Crippen LogP contribution in [0.5, 0.6) is 0 Å². The molecule has 28 heavy (non-hydrogen) atoms. The van der Waals surface area contributed by atoms with Gasteiger partial charge in [0.05, 0.1) is 4.92 Å². The van der Waals surface area contributed by atoms with Crippen molar-refractivity contribution in [2.75, 3.05) is 0 Å². The van der Waals surface area contributed by atoms with E-state index in [-0.39, 0.29) is 15.7 Å². The van der Waals surface area contributed by atoms with Gasteiger partial charge >= 0.3 is 11.0 Å². The number of hydrogen-bond donors (Lipinski definition) is 0. The SMILES string of the molecule is Cc1ccc(C(=O)[C@H](OC(=O)c2ccc([N+](=O)[O-])s2)c2ccc(C)cc2)cc1. The number of nitrogens with zero attached hydrogens (tertiary/aromatic N) is 1. The topological polar surface area (TPSA) is 86.5 Å². The Labute approximate surface area is 165 Å². The quantitative estimate of drug-likeness (QED) is 0.252. The van der Waals surface area contributed by atoms with Gasteiger partial charge in [-0.1, -0.05) is 71.0 Å². The van der Waals surface area contributed by atoms with Crippen molar-refractivity contribution in [1.29, 1.82) is 0 Å². The molecule has 0 radical (unpaired) electrons. The van der Waals surface area contributed by atoms with Gasteiger partial charge in [-0.05, 0) is 19.9 Å². The summed E-state index contributed by atoms with van der Waals surface area (Å²) in [5, 5.41) is 10.7. The number of ketones is 1. The minimum atomic E-state index is -1.14. The van der Waals surface area contributed by atoms with Crippen molar-refractivity contribution in [2.45, 2.75) is 20.0 Å². The second-order valence-corrected chi connectivity index (χ2v) is 7.38. The molecule has 0 amide bonds.